The number of halogens is 1. The summed E-state index contributed by atoms with van der Waals surface area (Å²) in [6.45, 7) is 0.206. The van der Waals surface area contributed by atoms with Crippen LogP contribution in [0, 0.1) is 0 Å². The zero-order valence-corrected chi connectivity index (χ0v) is 21.8. The average molecular weight is 561 g/mol. The van der Waals surface area contributed by atoms with E-state index in [1.165, 1.54) is 12.1 Å². The van der Waals surface area contributed by atoms with Crippen LogP contribution in [0.4, 0.5) is 11.6 Å². The number of carbonyl (C=O) groups is 3. The van der Waals surface area contributed by atoms with Crippen LogP contribution in [-0.4, -0.2) is 44.1 Å². The summed E-state index contributed by atoms with van der Waals surface area (Å²) in [5.74, 6) is -2.51. The van der Waals surface area contributed by atoms with E-state index in [9.17, 15) is 19.5 Å². The lowest BCUT2D eigenvalue weighted by molar-refractivity contribution is -0.140. The van der Waals surface area contributed by atoms with E-state index in [0.29, 0.717) is 22.3 Å². The maximum atomic E-state index is 12.5. The highest BCUT2D eigenvalue weighted by Crippen LogP contribution is 2.26. The highest BCUT2D eigenvalue weighted by Gasteiger charge is 2.21. The fraction of sp³-hybridized carbons (Fsp3) is 0.138. The lowest BCUT2D eigenvalue weighted by Crippen LogP contribution is -2.41. The molecule has 4 rings (SSSR count). The summed E-state index contributed by atoms with van der Waals surface area (Å²) < 4.78 is 5.94. The molecule has 0 aliphatic carbocycles. The number of nitrogens with zero attached hydrogens (tertiary/aromatic N) is 2. The van der Waals surface area contributed by atoms with Crippen molar-refractivity contribution in [1.82, 2.24) is 15.3 Å². The van der Waals surface area contributed by atoms with Gasteiger partial charge in [0.05, 0.1) is 5.69 Å². The second-order valence-electron chi connectivity index (χ2n) is 8.66. The molecule has 0 aliphatic rings. The number of benzene rings is 3. The molecule has 40 heavy (non-hydrogen) atoms. The molecule has 0 bridgehead atoms. The number of rotatable bonds is 12. The van der Waals surface area contributed by atoms with Crippen molar-refractivity contribution in [3.8, 4) is 17.1 Å². The molecule has 0 fully saturated rings. The van der Waals surface area contributed by atoms with E-state index >= 15 is 0 Å². The fourth-order valence-corrected chi connectivity index (χ4v) is 3.87. The second kappa shape index (κ2) is 13.2. The first-order chi connectivity index (χ1) is 19.3. The molecule has 204 valence electrons. The molecule has 1 heterocycles. The van der Waals surface area contributed by atoms with E-state index in [1.54, 1.807) is 24.3 Å². The molecular formula is C29H25ClN4O6. The minimum Gasteiger partial charge on any atom is -0.481 e. The molecule has 4 aromatic rings. The summed E-state index contributed by atoms with van der Waals surface area (Å²) in [6.07, 6.45) is -0.613. The van der Waals surface area contributed by atoms with Crippen molar-refractivity contribution in [1.29, 1.82) is 0 Å². The van der Waals surface area contributed by atoms with Gasteiger partial charge >= 0.3 is 11.9 Å². The lowest BCUT2D eigenvalue weighted by atomic mass is 10.1. The zero-order chi connectivity index (χ0) is 28.5. The summed E-state index contributed by atoms with van der Waals surface area (Å²) in [5, 5.41) is 24.1. The van der Waals surface area contributed by atoms with Gasteiger partial charge in [0.25, 0.3) is 5.91 Å². The van der Waals surface area contributed by atoms with Crippen LogP contribution in [-0.2, 0) is 16.2 Å². The Labute approximate surface area is 234 Å². The number of carboxylic acid groups (broad SMARTS) is 2. The standard InChI is InChI=1S/C29H25ClN4O6/c30-22-9-5-4-8-20(22)17-40-25-16-24(18-6-2-1-3-7-18)33-29(34-25)31-21-12-10-19(11-13-21)27(37)32-23(28(38)39)14-15-26(35)36/h1-13,16,23H,14-15,17H2,(H,32,37)(H,35,36)(H,38,39)(H,31,33,34)/t23-/m0/s1. The molecule has 0 saturated carbocycles. The van der Waals surface area contributed by atoms with Crippen molar-refractivity contribution < 1.29 is 29.3 Å². The van der Waals surface area contributed by atoms with Crippen molar-refractivity contribution in [2.24, 2.45) is 0 Å². The minimum absolute atomic E-state index is 0.204. The van der Waals surface area contributed by atoms with Crippen molar-refractivity contribution in [2.75, 3.05) is 5.32 Å². The van der Waals surface area contributed by atoms with Gasteiger partial charge in [-0.15, -0.1) is 0 Å². The highest BCUT2D eigenvalue weighted by atomic mass is 35.5. The molecule has 1 aromatic heterocycles. The van der Waals surface area contributed by atoms with Gasteiger partial charge in [0.2, 0.25) is 11.8 Å². The quantitative estimate of drug-likeness (QED) is 0.184. The Morgan fingerprint density at radius 2 is 1.60 bits per heavy atom. The number of aromatic nitrogens is 2. The number of anilines is 2. The van der Waals surface area contributed by atoms with Gasteiger partial charge in [-0.2, -0.15) is 4.98 Å². The van der Waals surface area contributed by atoms with E-state index in [2.05, 4.69) is 20.6 Å². The predicted octanol–water partition coefficient (Wildman–Crippen LogP) is 5.17. The normalized spacial score (nSPS) is 11.3. The van der Waals surface area contributed by atoms with E-state index < -0.39 is 23.9 Å². The van der Waals surface area contributed by atoms with Crippen LogP contribution in [0.3, 0.4) is 0 Å². The molecule has 11 heteroatoms. The molecule has 3 aromatic carbocycles. The number of carboxylic acids is 2. The molecule has 0 saturated heterocycles. The fourth-order valence-electron chi connectivity index (χ4n) is 3.68. The Balaban J connectivity index is 1.50. The summed E-state index contributed by atoms with van der Waals surface area (Å²) in [6, 6.07) is 23.5. The summed E-state index contributed by atoms with van der Waals surface area (Å²) in [4.78, 5) is 43.8. The van der Waals surface area contributed by atoms with Crippen LogP contribution in [0.5, 0.6) is 5.88 Å². The van der Waals surface area contributed by atoms with E-state index in [4.69, 9.17) is 21.4 Å². The van der Waals surface area contributed by atoms with Crippen LogP contribution in [0.2, 0.25) is 5.02 Å². The summed E-state index contributed by atoms with van der Waals surface area (Å²) in [5.41, 5.74) is 3.07. The number of hydrogen-bond acceptors (Lipinski definition) is 7. The van der Waals surface area contributed by atoms with E-state index in [1.807, 2.05) is 48.5 Å². The third kappa shape index (κ3) is 7.78. The molecular weight excluding hydrogens is 536 g/mol. The third-order valence-electron chi connectivity index (χ3n) is 5.76. The monoisotopic (exact) mass is 560 g/mol. The SMILES string of the molecule is O=C(O)CC[C@H](NC(=O)c1ccc(Nc2nc(OCc3ccccc3Cl)cc(-c3ccccc3)n2)cc1)C(=O)O. The van der Waals surface area contributed by atoms with Crippen LogP contribution >= 0.6 is 11.6 Å². The maximum absolute atomic E-state index is 12.5. The van der Waals surface area contributed by atoms with Gasteiger partial charge in [-0.25, -0.2) is 9.78 Å². The van der Waals surface area contributed by atoms with Gasteiger partial charge in [0, 0.05) is 39.9 Å². The Kier molecular flexibility index (Phi) is 9.27. The third-order valence-corrected chi connectivity index (χ3v) is 6.13. The average Bonchev–Trinajstić information content (AvgIpc) is 2.95. The second-order valence-corrected chi connectivity index (χ2v) is 9.07. The van der Waals surface area contributed by atoms with Gasteiger partial charge in [-0.05, 0) is 36.8 Å². The number of amides is 1. The largest absolute Gasteiger partial charge is 0.481 e. The molecule has 1 amide bonds. The zero-order valence-electron chi connectivity index (χ0n) is 21.1. The minimum atomic E-state index is -1.32. The van der Waals surface area contributed by atoms with Crippen molar-refractivity contribution in [3.63, 3.8) is 0 Å². The topological polar surface area (TPSA) is 151 Å². The van der Waals surface area contributed by atoms with Crippen LogP contribution < -0.4 is 15.4 Å². The molecule has 10 nitrogen and oxygen atoms in total. The smallest absolute Gasteiger partial charge is 0.326 e. The number of carbonyl (C=O) groups excluding carboxylic acids is 1. The van der Waals surface area contributed by atoms with Gasteiger partial charge in [0.15, 0.2) is 0 Å². The Morgan fingerprint density at radius 1 is 0.900 bits per heavy atom. The van der Waals surface area contributed by atoms with E-state index in [0.717, 1.165) is 11.1 Å². The Bertz CT molecular complexity index is 1500. The molecule has 0 unspecified atom stereocenters. The van der Waals surface area contributed by atoms with Gasteiger partial charge in [-0.1, -0.05) is 60.1 Å². The van der Waals surface area contributed by atoms with Crippen LogP contribution in [0.15, 0.2) is 84.9 Å². The van der Waals surface area contributed by atoms with Crippen molar-refractivity contribution >= 4 is 41.1 Å². The number of ether oxygens (including phenoxy) is 1. The van der Waals surface area contributed by atoms with Gasteiger partial charge in [0.1, 0.15) is 12.6 Å². The number of hydrogen-bond donors (Lipinski definition) is 4. The van der Waals surface area contributed by atoms with Crippen LogP contribution in [0.1, 0.15) is 28.8 Å². The Morgan fingerprint density at radius 3 is 2.27 bits per heavy atom. The van der Waals surface area contributed by atoms with Crippen molar-refractivity contribution in [2.45, 2.75) is 25.5 Å². The lowest BCUT2D eigenvalue weighted by Gasteiger charge is -2.14. The number of aliphatic carboxylic acids is 2. The molecule has 0 aliphatic heterocycles. The molecule has 0 spiro atoms. The Hall–Kier alpha value is -4.96. The summed E-state index contributed by atoms with van der Waals surface area (Å²) >= 11 is 6.26. The number of nitrogens with one attached hydrogen (secondary N) is 2. The predicted molar refractivity (Wildman–Crippen MR) is 149 cm³/mol. The maximum Gasteiger partial charge on any atom is 0.326 e. The van der Waals surface area contributed by atoms with Gasteiger partial charge < -0.3 is 25.6 Å². The molecule has 1 atom stereocenters. The molecule has 4 N–H and O–H groups in total. The first-order valence-corrected chi connectivity index (χ1v) is 12.6. The van der Waals surface area contributed by atoms with E-state index in [-0.39, 0.29) is 31.0 Å². The highest BCUT2D eigenvalue weighted by molar-refractivity contribution is 6.31. The van der Waals surface area contributed by atoms with Gasteiger partial charge in [-0.3, -0.25) is 9.59 Å². The summed E-state index contributed by atoms with van der Waals surface area (Å²) in [7, 11) is 0. The first kappa shape index (κ1) is 28.1. The first-order valence-electron chi connectivity index (χ1n) is 12.2. The van der Waals surface area contributed by atoms with Crippen molar-refractivity contribution in [3.05, 3.63) is 101 Å². The molecule has 0 radical (unpaired) electrons. The van der Waals surface area contributed by atoms with Crippen LogP contribution in [0.25, 0.3) is 11.3 Å².